The van der Waals surface area contributed by atoms with Crippen molar-refractivity contribution in [2.75, 3.05) is 0 Å². The third-order valence-corrected chi connectivity index (χ3v) is 2.08. The van der Waals surface area contributed by atoms with Gasteiger partial charge >= 0.3 is 5.97 Å². The van der Waals surface area contributed by atoms with Crippen molar-refractivity contribution in [3.63, 3.8) is 0 Å². The molecule has 1 rings (SSSR count). The van der Waals surface area contributed by atoms with Gasteiger partial charge in [-0.15, -0.1) is 0 Å². The quantitative estimate of drug-likeness (QED) is 0.587. The van der Waals surface area contributed by atoms with Crippen LogP contribution in [0, 0.1) is 5.41 Å². The Bertz CT molecular complexity index is 218. The molecule has 0 saturated carbocycles. The first-order valence-electron chi connectivity index (χ1n) is 4.12. The number of carbonyl (C=O) groups excluding carboxylic acids is 2. The number of esters is 1. The largest absolute Gasteiger partial charge is 0.461 e. The zero-order valence-electron chi connectivity index (χ0n) is 7.72. The fourth-order valence-corrected chi connectivity index (χ4v) is 1.44. The number of hydrogen-bond acceptors (Lipinski definition) is 3. The van der Waals surface area contributed by atoms with Crippen molar-refractivity contribution < 1.29 is 14.3 Å². The fraction of sp³-hybridized carbons (Fsp3) is 0.778. The van der Waals surface area contributed by atoms with E-state index in [1.54, 1.807) is 0 Å². The maximum atomic E-state index is 11.2. The summed E-state index contributed by atoms with van der Waals surface area (Å²) in [6.07, 6.45) is 0.825. The fourth-order valence-electron chi connectivity index (χ4n) is 1.44. The van der Waals surface area contributed by atoms with Crippen molar-refractivity contribution in [3.05, 3.63) is 0 Å². The van der Waals surface area contributed by atoms with Gasteiger partial charge in [0.25, 0.3) is 0 Å². The summed E-state index contributed by atoms with van der Waals surface area (Å²) in [7, 11) is 0. The minimum absolute atomic E-state index is 0.0745. The monoisotopic (exact) mass is 170 g/mol. The number of hydrogen-bond donors (Lipinski definition) is 0. The molecule has 12 heavy (non-hydrogen) atoms. The zero-order chi connectivity index (χ0) is 9.35. The highest BCUT2D eigenvalue weighted by molar-refractivity contribution is 5.80. The predicted molar refractivity (Wildman–Crippen MR) is 43.6 cm³/mol. The van der Waals surface area contributed by atoms with Gasteiger partial charge < -0.3 is 4.74 Å². The predicted octanol–water partition coefficient (Wildman–Crippen LogP) is 1.31. The van der Waals surface area contributed by atoms with Crippen LogP contribution in [-0.2, 0) is 14.3 Å². The van der Waals surface area contributed by atoms with Crippen LogP contribution in [0.3, 0.4) is 0 Å². The Hall–Kier alpha value is -0.860. The van der Waals surface area contributed by atoms with Gasteiger partial charge in [-0.25, -0.2) is 0 Å². The maximum absolute atomic E-state index is 11.2. The molecule has 1 heterocycles. The van der Waals surface area contributed by atoms with Crippen LogP contribution < -0.4 is 0 Å². The second-order valence-electron chi connectivity index (χ2n) is 4.02. The molecule has 0 aromatic rings. The van der Waals surface area contributed by atoms with E-state index in [1.165, 1.54) is 6.92 Å². The summed E-state index contributed by atoms with van der Waals surface area (Å²) >= 11 is 0. The summed E-state index contributed by atoms with van der Waals surface area (Å²) in [5, 5.41) is 0. The number of rotatable bonds is 2. The molecule has 68 valence electrons. The standard InChI is InChI=1S/C9H14O3/c1-6(10)4-7-5-9(2,3)8(11)12-7/h7H,4-5H2,1-3H3. The van der Waals surface area contributed by atoms with Crippen molar-refractivity contribution in [2.24, 2.45) is 5.41 Å². The number of ether oxygens (including phenoxy) is 1. The molecule has 0 bridgehead atoms. The molecule has 0 aromatic heterocycles. The van der Waals surface area contributed by atoms with Gasteiger partial charge in [-0.05, 0) is 20.8 Å². The number of Topliss-reactive ketones (excluding diaryl/α,β-unsaturated/α-hetero) is 1. The summed E-state index contributed by atoms with van der Waals surface area (Å²) in [5.41, 5.74) is -0.403. The minimum Gasteiger partial charge on any atom is -0.461 e. The topological polar surface area (TPSA) is 43.4 Å². The van der Waals surface area contributed by atoms with Crippen molar-refractivity contribution in [1.29, 1.82) is 0 Å². The van der Waals surface area contributed by atoms with Crippen LogP contribution >= 0.6 is 0 Å². The molecule has 1 unspecified atom stereocenters. The van der Waals surface area contributed by atoms with Crippen molar-refractivity contribution >= 4 is 11.8 Å². The lowest BCUT2D eigenvalue weighted by Crippen LogP contribution is -2.16. The van der Waals surface area contributed by atoms with Gasteiger partial charge in [0.05, 0.1) is 5.41 Å². The molecule has 1 fully saturated rings. The third kappa shape index (κ3) is 1.84. The van der Waals surface area contributed by atoms with Crippen molar-refractivity contribution in [2.45, 2.75) is 39.7 Å². The van der Waals surface area contributed by atoms with E-state index in [1.807, 2.05) is 13.8 Å². The molecular formula is C9H14O3. The van der Waals surface area contributed by atoms with Crippen LogP contribution in [0.4, 0.5) is 0 Å². The van der Waals surface area contributed by atoms with Gasteiger partial charge in [0, 0.05) is 12.8 Å². The Labute approximate surface area is 72.1 Å². The Morgan fingerprint density at radius 3 is 2.58 bits per heavy atom. The summed E-state index contributed by atoms with van der Waals surface area (Å²) in [5.74, 6) is -0.112. The van der Waals surface area contributed by atoms with Gasteiger partial charge in [-0.2, -0.15) is 0 Å². The minimum atomic E-state index is -0.403. The van der Waals surface area contributed by atoms with Crippen molar-refractivity contribution in [1.82, 2.24) is 0 Å². The number of carbonyl (C=O) groups is 2. The Balaban J connectivity index is 2.55. The zero-order valence-corrected chi connectivity index (χ0v) is 7.72. The van der Waals surface area contributed by atoms with Crippen LogP contribution in [-0.4, -0.2) is 17.9 Å². The van der Waals surface area contributed by atoms with Gasteiger partial charge in [0.2, 0.25) is 0 Å². The molecule has 1 aliphatic heterocycles. The lowest BCUT2D eigenvalue weighted by atomic mass is 9.89. The van der Waals surface area contributed by atoms with Crippen LogP contribution in [0.1, 0.15) is 33.6 Å². The molecule has 0 amide bonds. The van der Waals surface area contributed by atoms with Crippen LogP contribution in [0.15, 0.2) is 0 Å². The molecule has 0 N–H and O–H groups in total. The van der Waals surface area contributed by atoms with E-state index in [-0.39, 0.29) is 17.9 Å². The van der Waals surface area contributed by atoms with E-state index >= 15 is 0 Å². The molecule has 0 spiro atoms. The SMILES string of the molecule is CC(=O)CC1CC(C)(C)C(=O)O1. The highest BCUT2D eigenvalue weighted by Gasteiger charge is 2.41. The van der Waals surface area contributed by atoms with E-state index in [2.05, 4.69) is 0 Å². The molecular weight excluding hydrogens is 156 g/mol. The molecule has 3 nitrogen and oxygen atoms in total. The van der Waals surface area contributed by atoms with Crippen molar-refractivity contribution in [3.8, 4) is 0 Å². The average molecular weight is 170 g/mol. The van der Waals surface area contributed by atoms with E-state index < -0.39 is 5.41 Å². The smallest absolute Gasteiger partial charge is 0.311 e. The molecule has 0 radical (unpaired) electrons. The van der Waals surface area contributed by atoms with E-state index in [4.69, 9.17) is 4.74 Å². The van der Waals surface area contributed by atoms with Crippen LogP contribution in [0.2, 0.25) is 0 Å². The van der Waals surface area contributed by atoms with E-state index in [9.17, 15) is 9.59 Å². The molecule has 3 heteroatoms. The number of cyclic esters (lactones) is 1. The Morgan fingerprint density at radius 1 is 1.67 bits per heavy atom. The first kappa shape index (κ1) is 9.23. The van der Waals surface area contributed by atoms with E-state index in [0.29, 0.717) is 12.8 Å². The lowest BCUT2D eigenvalue weighted by molar-refractivity contribution is -0.147. The normalized spacial score (nSPS) is 26.9. The summed E-state index contributed by atoms with van der Waals surface area (Å²) in [4.78, 5) is 21.9. The molecule has 1 aliphatic rings. The van der Waals surface area contributed by atoms with Gasteiger partial charge in [0.15, 0.2) is 0 Å². The van der Waals surface area contributed by atoms with Gasteiger partial charge in [-0.3, -0.25) is 9.59 Å². The Kier molecular flexibility index (Phi) is 2.22. The second kappa shape index (κ2) is 2.88. The second-order valence-corrected chi connectivity index (χ2v) is 4.02. The molecule has 1 saturated heterocycles. The van der Waals surface area contributed by atoms with Crippen LogP contribution in [0.25, 0.3) is 0 Å². The first-order chi connectivity index (χ1) is 5.42. The number of ketones is 1. The van der Waals surface area contributed by atoms with Crippen LogP contribution in [0.5, 0.6) is 0 Å². The third-order valence-electron chi connectivity index (χ3n) is 2.08. The average Bonchev–Trinajstić information content (AvgIpc) is 2.04. The summed E-state index contributed by atoms with van der Waals surface area (Å²) in [6.45, 7) is 5.20. The maximum Gasteiger partial charge on any atom is 0.311 e. The van der Waals surface area contributed by atoms with Gasteiger partial charge in [-0.1, -0.05) is 0 Å². The van der Waals surface area contributed by atoms with E-state index in [0.717, 1.165) is 0 Å². The molecule has 0 aromatic carbocycles. The highest BCUT2D eigenvalue weighted by atomic mass is 16.6. The molecule has 1 atom stereocenters. The summed E-state index contributed by atoms with van der Waals surface area (Å²) in [6, 6.07) is 0. The lowest BCUT2D eigenvalue weighted by Gasteiger charge is -2.09. The van der Waals surface area contributed by atoms with Gasteiger partial charge in [0.1, 0.15) is 11.9 Å². The Morgan fingerprint density at radius 2 is 2.25 bits per heavy atom. The molecule has 0 aliphatic carbocycles. The summed E-state index contributed by atoms with van der Waals surface area (Å²) < 4.78 is 5.03. The first-order valence-corrected chi connectivity index (χ1v) is 4.12. The highest BCUT2D eigenvalue weighted by Crippen LogP contribution is 2.34.